The summed E-state index contributed by atoms with van der Waals surface area (Å²) in [6.07, 6.45) is 0. The van der Waals surface area contributed by atoms with Crippen LogP contribution in [0.3, 0.4) is 0 Å². The van der Waals surface area contributed by atoms with Crippen LogP contribution in [-0.4, -0.2) is 43.5 Å². The molecule has 1 heterocycles. The lowest BCUT2D eigenvalue weighted by molar-refractivity contribution is -0.119. The van der Waals surface area contributed by atoms with Crippen LogP contribution in [0.5, 0.6) is 0 Å². The molecule has 1 aromatic carbocycles. The number of anilines is 1. The third-order valence-electron chi connectivity index (χ3n) is 2.93. The quantitative estimate of drug-likeness (QED) is 0.778. The summed E-state index contributed by atoms with van der Waals surface area (Å²) in [7, 11) is 0. The van der Waals surface area contributed by atoms with E-state index in [1.54, 1.807) is 12.1 Å². The lowest BCUT2D eigenvalue weighted by Gasteiger charge is -2.35. The number of carbonyl (C=O) groups is 1. The number of halogens is 1. The van der Waals surface area contributed by atoms with Gasteiger partial charge in [0, 0.05) is 31.9 Å². The number of nitrogens with zero attached hydrogens (tertiary/aromatic N) is 2. The fourth-order valence-electron chi connectivity index (χ4n) is 2.02. The largest absolute Gasteiger partial charge is 0.369 e. The highest BCUT2D eigenvalue weighted by Crippen LogP contribution is 2.16. The second-order valence-corrected chi connectivity index (χ2v) is 4.16. The number of piperazine rings is 1. The SMILES string of the molecule is [NH]C(=O)CN1CCN(c2ccc(F)cc2)CC1. The topological polar surface area (TPSA) is 47.4 Å². The van der Waals surface area contributed by atoms with Crippen LogP contribution in [0, 0.1) is 5.82 Å². The maximum absolute atomic E-state index is 12.8. The van der Waals surface area contributed by atoms with Crippen molar-refractivity contribution in [3.05, 3.63) is 30.1 Å². The number of benzene rings is 1. The fraction of sp³-hybridized carbons (Fsp3) is 0.417. The monoisotopic (exact) mass is 236 g/mol. The van der Waals surface area contributed by atoms with Crippen molar-refractivity contribution >= 4 is 11.6 Å². The second-order valence-electron chi connectivity index (χ2n) is 4.16. The third-order valence-corrected chi connectivity index (χ3v) is 2.93. The summed E-state index contributed by atoms with van der Waals surface area (Å²) >= 11 is 0. The molecule has 0 atom stereocenters. The Hall–Kier alpha value is -1.62. The van der Waals surface area contributed by atoms with E-state index in [1.807, 2.05) is 4.90 Å². The van der Waals surface area contributed by atoms with Gasteiger partial charge in [0.05, 0.1) is 6.54 Å². The highest BCUT2D eigenvalue weighted by atomic mass is 19.1. The smallest absolute Gasteiger partial charge is 0.252 e. The van der Waals surface area contributed by atoms with Gasteiger partial charge in [-0.15, -0.1) is 0 Å². The highest BCUT2D eigenvalue weighted by Gasteiger charge is 2.18. The Morgan fingerprint density at radius 2 is 1.76 bits per heavy atom. The molecule has 1 radical (unpaired) electrons. The van der Waals surface area contributed by atoms with E-state index >= 15 is 0 Å². The predicted molar refractivity (Wildman–Crippen MR) is 63.2 cm³/mol. The van der Waals surface area contributed by atoms with Crippen molar-refractivity contribution < 1.29 is 9.18 Å². The minimum Gasteiger partial charge on any atom is -0.369 e. The molecule has 1 amide bonds. The number of hydrogen-bond acceptors (Lipinski definition) is 3. The standard InChI is InChI=1S/C12H15FN3O/c13-10-1-3-11(4-2-10)16-7-5-15(6-8-16)9-12(14)17/h1-4,14H,5-9H2. The first-order chi connectivity index (χ1) is 8.15. The average molecular weight is 236 g/mol. The lowest BCUT2D eigenvalue weighted by atomic mass is 10.2. The first-order valence-electron chi connectivity index (χ1n) is 5.62. The fourth-order valence-corrected chi connectivity index (χ4v) is 2.02. The summed E-state index contributed by atoms with van der Waals surface area (Å²) in [6, 6.07) is 6.44. The van der Waals surface area contributed by atoms with Gasteiger partial charge in [0.15, 0.2) is 0 Å². The maximum atomic E-state index is 12.8. The minimum atomic E-state index is -0.541. The Balaban J connectivity index is 1.90. The summed E-state index contributed by atoms with van der Waals surface area (Å²) < 4.78 is 12.8. The van der Waals surface area contributed by atoms with Crippen molar-refractivity contribution in [3.63, 3.8) is 0 Å². The van der Waals surface area contributed by atoms with E-state index in [0.29, 0.717) is 0 Å². The van der Waals surface area contributed by atoms with E-state index in [0.717, 1.165) is 31.9 Å². The van der Waals surface area contributed by atoms with E-state index in [4.69, 9.17) is 5.73 Å². The van der Waals surface area contributed by atoms with E-state index in [2.05, 4.69) is 4.90 Å². The van der Waals surface area contributed by atoms with Gasteiger partial charge in [0.25, 0.3) is 5.91 Å². The van der Waals surface area contributed by atoms with Gasteiger partial charge < -0.3 is 4.90 Å². The van der Waals surface area contributed by atoms with Crippen molar-refractivity contribution in [3.8, 4) is 0 Å². The van der Waals surface area contributed by atoms with Crippen molar-refractivity contribution in [1.82, 2.24) is 10.6 Å². The Bertz CT molecular complexity index is 385. The molecule has 0 unspecified atom stereocenters. The van der Waals surface area contributed by atoms with E-state index in [9.17, 15) is 9.18 Å². The van der Waals surface area contributed by atoms with Crippen molar-refractivity contribution in [1.29, 1.82) is 0 Å². The molecule has 0 bridgehead atoms. The number of hydrogen-bond donors (Lipinski definition) is 0. The van der Waals surface area contributed by atoms with Gasteiger partial charge in [-0.2, -0.15) is 0 Å². The molecule has 5 heteroatoms. The Labute approximate surface area is 99.8 Å². The molecule has 4 nitrogen and oxygen atoms in total. The average Bonchev–Trinajstić information content (AvgIpc) is 2.30. The van der Waals surface area contributed by atoms with Crippen molar-refractivity contribution in [2.24, 2.45) is 0 Å². The van der Waals surface area contributed by atoms with Gasteiger partial charge >= 0.3 is 0 Å². The van der Waals surface area contributed by atoms with Crippen molar-refractivity contribution in [2.75, 3.05) is 37.6 Å². The van der Waals surface area contributed by atoms with Crippen LogP contribution in [-0.2, 0) is 4.79 Å². The van der Waals surface area contributed by atoms with Gasteiger partial charge in [0.2, 0.25) is 0 Å². The molecular formula is C12H15FN3O. The van der Waals surface area contributed by atoms with Crippen LogP contribution < -0.4 is 10.6 Å². The summed E-state index contributed by atoms with van der Waals surface area (Å²) in [5, 5.41) is 0. The molecule has 2 rings (SSSR count). The highest BCUT2D eigenvalue weighted by molar-refractivity contribution is 5.75. The number of nitrogens with one attached hydrogen (secondary N) is 1. The minimum absolute atomic E-state index is 0.206. The predicted octanol–water partition coefficient (Wildman–Crippen LogP) is 0.757. The molecule has 1 aromatic rings. The zero-order valence-electron chi connectivity index (χ0n) is 9.53. The molecule has 1 fully saturated rings. The Morgan fingerprint density at radius 1 is 1.18 bits per heavy atom. The van der Waals surface area contributed by atoms with E-state index in [-0.39, 0.29) is 12.4 Å². The Kier molecular flexibility index (Phi) is 3.58. The summed E-state index contributed by atoms with van der Waals surface area (Å²) in [5.74, 6) is -0.771. The number of rotatable bonds is 3. The first-order valence-corrected chi connectivity index (χ1v) is 5.62. The van der Waals surface area contributed by atoms with Crippen molar-refractivity contribution in [2.45, 2.75) is 0 Å². The maximum Gasteiger partial charge on any atom is 0.252 e. The Morgan fingerprint density at radius 3 is 2.29 bits per heavy atom. The second kappa shape index (κ2) is 5.14. The van der Waals surface area contributed by atoms with Crippen LogP contribution in [0.25, 0.3) is 0 Å². The van der Waals surface area contributed by atoms with Crippen LogP contribution >= 0.6 is 0 Å². The normalized spacial score (nSPS) is 17.1. The van der Waals surface area contributed by atoms with Gasteiger partial charge in [-0.3, -0.25) is 15.4 Å². The summed E-state index contributed by atoms with van der Waals surface area (Å²) in [5.41, 5.74) is 7.92. The molecule has 1 aliphatic rings. The zero-order valence-corrected chi connectivity index (χ0v) is 9.53. The molecule has 1 saturated heterocycles. The van der Waals surface area contributed by atoms with Crippen LogP contribution in [0.4, 0.5) is 10.1 Å². The number of carbonyl (C=O) groups excluding carboxylic acids is 1. The van der Waals surface area contributed by atoms with Crippen LogP contribution in [0.15, 0.2) is 24.3 Å². The third kappa shape index (κ3) is 3.17. The zero-order chi connectivity index (χ0) is 12.3. The van der Waals surface area contributed by atoms with Gasteiger partial charge in [0.1, 0.15) is 5.82 Å². The van der Waals surface area contributed by atoms with Gasteiger partial charge in [-0.25, -0.2) is 4.39 Å². The molecule has 0 aromatic heterocycles. The van der Waals surface area contributed by atoms with E-state index < -0.39 is 5.91 Å². The summed E-state index contributed by atoms with van der Waals surface area (Å²) in [4.78, 5) is 14.8. The molecule has 0 spiro atoms. The van der Waals surface area contributed by atoms with Crippen LogP contribution in [0.1, 0.15) is 0 Å². The molecule has 1 N–H and O–H groups in total. The van der Waals surface area contributed by atoms with E-state index in [1.165, 1.54) is 12.1 Å². The molecule has 17 heavy (non-hydrogen) atoms. The molecule has 0 aliphatic carbocycles. The molecule has 0 saturated carbocycles. The molecule has 1 aliphatic heterocycles. The van der Waals surface area contributed by atoms with Gasteiger partial charge in [-0.1, -0.05) is 0 Å². The summed E-state index contributed by atoms with van der Waals surface area (Å²) in [6.45, 7) is 3.35. The molecule has 91 valence electrons. The first kappa shape index (κ1) is 11.9. The molecular weight excluding hydrogens is 221 g/mol. The lowest BCUT2D eigenvalue weighted by Crippen LogP contribution is -2.48. The number of amides is 1. The van der Waals surface area contributed by atoms with Crippen LogP contribution in [0.2, 0.25) is 0 Å². The van der Waals surface area contributed by atoms with Gasteiger partial charge in [-0.05, 0) is 24.3 Å².